The summed E-state index contributed by atoms with van der Waals surface area (Å²) in [5.41, 5.74) is 0.369. The largest absolute Gasteiger partial charge is 0.418 e. The van der Waals surface area contributed by atoms with Crippen LogP contribution in [0.2, 0.25) is 0 Å². The number of likely N-dealkylation sites (N-methyl/N-ethyl adjacent to an activating group) is 1. The van der Waals surface area contributed by atoms with Crippen LogP contribution in [0.15, 0.2) is 76.9 Å². The fourth-order valence-electron chi connectivity index (χ4n) is 2.87. The zero-order chi connectivity index (χ0) is 21.3. The molecule has 0 N–H and O–H groups in total. The van der Waals surface area contributed by atoms with Gasteiger partial charge in [-0.05, 0) is 42.1 Å². The number of aromatic nitrogens is 2. The zero-order valence-electron chi connectivity index (χ0n) is 15.7. The van der Waals surface area contributed by atoms with Crippen LogP contribution in [0.25, 0.3) is 11.8 Å². The number of benzene rings is 2. The number of para-hydroxylation sites is 2. The smallest absolute Gasteiger partial charge is 0.290 e. The summed E-state index contributed by atoms with van der Waals surface area (Å²) in [5, 5.41) is 4.56. The van der Waals surface area contributed by atoms with Crippen LogP contribution >= 0.6 is 11.8 Å². The van der Waals surface area contributed by atoms with E-state index in [1.807, 2.05) is 30.3 Å². The standard InChI is InChI=1S/C21H15F3N4OS/c1-27-19(29)18(30-20(27)26-15-7-3-2-4-8-15)11-14-12-25-28(13-14)17-10-6-5-9-16(17)21(22,23)24/h2-13H,1H3/b18-11-,26-20?. The van der Waals surface area contributed by atoms with Gasteiger partial charge in [-0.1, -0.05) is 30.3 Å². The lowest BCUT2D eigenvalue weighted by molar-refractivity contribution is -0.137. The predicted octanol–water partition coefficient (Wildman–Crippen LogP) is 5.12. The Morgan fingerprint density at radius 3 is 2.50 bits per heavy atom. The molecule has 0 unspecified atom stereocenters. The van der Waals surface area contributed by atoms with Crippen molar-refractivity contribution in [2.45, 2.75) is 6.18 Å². The van der Waals surface area contributed by atoms with Crippen molar-refractivity contribution in [3.8, 4) is 5.69 Å². The molecule has 1 fully saturated rings. The Balaban J connectivity index is 1.63. The van der Waals surface area contributed by atoms with Crippen molar-refractivity contribution in [2.24, 2.45) is 4.99 Å². The van der Waals surface area contributed by atoms with E-state index in [0.29, 0.717) is 15.6 Å². The molecule has 1 aliphatic rings. The minimum absolute atomic E-state index is 0.0801. The van der Waals surface area contributed by atoms with Crippen LogP contribution < -0.4 is 0 Å². The Morgan fingerprint density at radius 1 is 1.07 bits per heavy atom. The SMILES string of the molecule is CN1C(=O)/C(=C/c2cnn(-c3ccccc3C(F)(F)F)c2)SC1=Nc1ccccc1. The first-order chi connectivity index (χ1) is 14.3. The third kappa shape index (κ3) is 4.02. The molecule has 0 saturated carbocycles. The number of aliphatic imine (C=N–C) groups is 1. The van der Waals surface area contributed by atoms with Crippen LogP contribution in [-0.2, 0) is 11.0 Å². The van der Waals surface area contributed by atoms with E-state index >= 15 is 0 Å². The number of alkyl halides is 3. The lowest BCUT2D eigenvalue weighted by Gasteiger charge is -2.12. The van der Waals surface area contributed by atoms with Crippen LogP contribution in [0, 0.1) is 0 Å². The zero-order valence-corrected chi connectivity index (χ0v) is 16.5. The van der Waals surface area contributed by atoms with Crippen molar-refractivity contribution in [3.63, 3.8) is 0 Å². The monoisotopic (exact) mass is 428 g/mol. The number of hydrogen-bond acceptors (Lipinski definition) is 4. The fourth-order valence-corrected chi connectivity index (χ4v) is 3.86. The molecule has 2 aromatic carbocycles. The molecule has 2 heterocycles. The molecule has 5 nitrogen and oxygen atoms in total. The highest BCUT2D eigenvalue weighted by Gasteiger charge is 2.34. The summed E-state index contributed by atoms with van der Waals surface area (Å²) in [6.45, 7) is 0. The molecule has 30 heavy (non-hydrogen) atoms. The summed E-state index contributed by atoms with van der Waals surface area (Å²) in [4.78, 5) is 18.9. The van der Waals surface area contributed by atoms with Crippen LogP contribution in [-0.4, -0.2) is 32.8 Å². The first-order valence-electron chi connectivity index (χ1n) is 8.85. The summed E-state index contributed by atoms with van der Waals surface area (Å²) in [6, 6.07) is 14.4. The van der Waals surface area contributed by atoms with Gasteiger partial charge in [0.2, 0.25) is 0 Å². The maximum atomic E-state index is 13.3. The Kier molecular flexibility index (Phi) is 5.21. The van der Waals surface area contributed by atoms with Crippen molar-refractivity contribution in [1.29, 1.82) is 0 Å². The summed E-state index contributed by atoms with van der Waals surface area (Å²) in [5.74, 6) is -0.238. The van der Waals surface area contributed by atoms with E-state index in [-0.39, 0.29) is 11.6 Å². The van der Waals surface area contributed by atoms with Crippen molar-refractivity contribution in [3.05, 3.63) is 83.0 Å². The van der Waals surface area contributed by atoms with Gasteiger partial charge in [0, 0.05) is 18.8 Å². The summed E-state index contributed by atoms with van der Waals surface area (Å²) in [6.07, 6.45) is -0.0290. The number of amidine groups is 1. The van der Waals surface area contributed by atoms with Gasteiger partial charge in [-0.2, -0.15) is 18.3 Å². The Labute approximate surface area is 174 Å². The number of carbonyl (C=O) groups excluding carboxylic acids is 1. The van der Waals surface area contributed by atoms with E-state index in [1.54, 1.807) is 13.1 Å². The van der Waals surface area contributed by atoms with Crippen LogP contribution in [0.1, 0.15) is 11.1 Å². The molecular formula is C21H15F3N4OS. The Morgan fingerprint density at radius 2 is 1.77 bits per heavy atom. The fraction of sp³-hybridized carbons (Fsp3) is 0.0952. The van der Waals surface area contributed by atoms with Crippen LogP contribution in [0.4, 0.5) is 18.9 Å². The van der Waals surface area contributed by atoms with Crippen LogP contribution in [0.3, 0.4) is 0 Å². The average Bonchev–Trinajstić information content (AvgIpc) is 3.29. The van der Waals surface area contributed by atoms with Crippen molar-refractivity contribution in [1.82, 2.24) is 14.7 Å². The van der Waals surface area contributed by atoms with Gasteiger partial charge in [-0.15, -0.1) is 0 Å². The minimum Gasteiger partial charge on any atom is -0.290 e. The molecule has 9 heteroatoms. The maximum absolute atomic E-state index is 13.3. The molecule has 0 radical (unpaired) electrons. The molecule has 1 amide bonds. The van der Waals surface area contributed by atoms with Crippen LogP contribution in [0.5, 0.6) is 0 Å². The highest BCUT2D eigenvalue weighted by Crippen LogP contribution is 2.35. The van der Waals surface area contributed by atoms with Gasteiger partial charge in [-0.3, -0.25) is 9.69 Å². The number of halogens is 3. The topological polar surface area (TPSA) is 50.5 Å². The van der Waals surface area contributed by atoms with Crippen molar-refractivity contribution >= 4 is 34.6 Å². The second kappa shape index (κ2) is 7.83. The highest BCUT2D eigenvalue weighted by atomic mass is 32.2. The van der Waals surface area contributed by atoms with Gasteiger partial charge < -0.3 is 0 Å². The van der Waals surface area contributed by atoms with E-state index in [1.165, 1.54) is 47.3 Å². The van der Waals surface area contributed by atoms with E-state index in [2.05, 4.69) is 10.1 Å². The molecular weight excluding hydrogens is 413 g/mol. The van der Waals surface area contributed by atoms with Gasteiger partial charge in [0.15, 0.2) is 5.17 Å². The number of rotatable bonds is 3. The number of hydrogen-bond donors (Lipinski definition) is 0. The molecule has 1 saturated heterocycles. The summed E-state index contributed by atoms with van der Waals surface area (Å²) < 4.78 is 40.9. The van der Waals surface area contributed by atoms with E-state index in [4.69, 9.17) is 0 Å². The lowest BCUT2D eigenvalue weighted by atomic mass is 10.1. The number of amides is 1. The molecule has 0 atom stereocenters. The first kappa shape index (κ1) is 20.0. The number of nitrogens with zero attached hydrogens (tertiary/aromatic N) is 4. The lowest BCUT2D eigenvalue weighted by Crippen LogP contribution is -2.23. The summed E-state index contributed by atoms with van der Waals surface area (Å²) >= 11 is 1.20. The number of thioether (sulfide) groups is 1. The van der Waals surface area contributed by atoms with E-state index < -0.39 is 11.7 Å². The molecule has 1 aliphatic heterocycles. The van der Waals surface area contributed by atoms with Gasteiger partial charge >= 0.3 is 6.18 Å². The quantitative estimate of drug-likeness (QED) is 0.544. The van der Waals surface area contributed by atoms with Gasteiger partial charge in [-0.25, -0.2) is 9.67 Å². The number of carbonyl (C=O) groups is 1. The third-order valence-electron chi connectivity index (χ3n) is 4.34. The van der Waals surface area contributed by atoms with E-state index in [0.717, 1.165) is 16.4 Å². The third-order valence-corrected chi connectivity index (χ3v) is 5.40. The van der Waals surface area contributed by atoms with Gasteiger partial charge in [0.25, 0.3) is 5.91 Å². The molecule has 0 spiro atoms. The second-order valence-electron chi connectivity index (χ2n) is 6.44. The molecule has 0 bridgehead atoms. The van der Waals surface area contributed by atoms with Crippen molar-refractivity contribution < 1.29 is 18.0 Å². The van der Waals surface area contributed by atoms with E-state index in [9.17, 15) is 18.0 Å². The van der Waals surface area contributed by atoms with Gasteiger partial charge in [0.1, 0.15) is 0 Å². The average molecular weight is 428 g/mol. The molecule has 3 aromatic rings. The predicted molar refractivity (Wildman–Crippen MR) is 110 cm³/mol. The highest BCUT2D eigenvalue weighted by molar-refractivity contribution is 8.18. The molecule has 1 aromatic heterocycles. The Hall–Kier alpha value is -3.33. The van der Waals surface area contributed by atoms with Crippen molar-refractivity contribution in [2.75, 3.05) is 7.05 Å². The molecule has 4 rings (SSSR count). The minimum atomic E-state index is -4.50. The molecule has 0 aliphatic carbocycles. The maximum Gasteiger partial charge on any atom is 0.418 e. The first-order valence-corrected chi connectivity index (χ1v) is 9.67. The normalized spacial score (nSPS) is 17.3. The molecule has 152 valence electrons. The van der Waals surface area contributed by atoms with Gasteiger partial charge in [0.05, 0.1) is 28.0 Å². The Bertz CT molecular complexity index is 1150. The summed E-state index contributed by atoms with van der Waals surface area (Å²) in [7, 11) is 1.63. The second-order valence-corrected chi connectivity index (χ2v) is 7.45.